The highest BCUT2D eigenvalue weighted by atomic mass is 32.2. The Kier molecular flexibility index (Phi) is 3.63. The zero-order valence-corrected chi connectivity index (χ0v) is 9.33. The molecule has 0 aromatic carbocycles. The van der Waals surface area contributed by atoms with E-state index in [2.05, 4.69) is 0 Å². The van der Waals surface area contributed by atoms with E-state index in [1.807, 2.05) is 13.8 Å². The van der Waals surface area contributed by atoms with E-state index in [-0.39, 0.29) is 12.5 Å². The highest BCUT2D eigenvalue weighted by molar-refractivity contribution is 7.87. The molecular formula is C8H16N2O3S. The number of aldehydes is 1. The maximum atomic E-state index is 11.8. The molecule has 0 aliphatic carbocycles. The molecule has 5 nitrogen and oxygen atoms in total. The van der Waals surface area contributed by atoms with Crippen LogP contribution >= 0.6 is 0 Å². The van der Waals surface area contributed by atoms with E-state index >= 15 is 0 Å². The third-order valence-corrected chi connectivity index (χ3v) is 4.48. The van der Waals surface area contributed by atoms with Gasteiger partial charge in [-0.05, 0) is 13.8 Å². The highest BCUT2D eigenvalue weighted by Gasteiger charge is 2.37. The van der Waals surface area contributed by atoms with Gasteiger partial charge in [-0.25, -0.2) is 0 Å². The second kappa shape index (κ2) is 4.37. The SMILES string of the molecule is CC(C)N1CCN(CCC=O)S1(=O)=O. The fourth-order valence-electron chi connectivity index (χ4n) is 1.54. The van der Waals surface area contributed by atoms with Gasteiger partial charge in [0, 0.05) is 32.1 Å². The summed E-state index contributed by atoms with van der Waals surface area (Å²) in [6.45, 7) is 5.02. The summed E-state index contributed by atoms with van der Waals surface area (Å²) >= 11 is 0. The Labute approximate surface area is 84.9 Å². The van der Waals surface area contributed by atoms with Crippen molar-refractivity contribution in [2.24, 2.45) is 0 Å². The van der Waals surface area contributed by atoms with Crippen molar-refractivity contribution in [3.63, 3.8) is 0 Å². The molecule has 1 heterocycles. The number of rotatable bonds is 4. The molecule has 1 aliphatic rings. The number of carbonyl (C=O) groups is 1. The van der Waals surface area contributed by atoms with Gasteiger partial charge in [0.05, 0.1) is 0 Å². The fourth-order valence-corrected chi connectivity index (χ4v) is 3.33. The summed E-state index contributed by atoms with van der Waals surface area (Å²) < 4.78 is 26.4. The van der Waals surface area contributed by atoms with Gasteiger partial charge < -0.3 is 4.79 Å². The van der Waals surface area contributed by atoms with Gasteiger partial charge in [-0.15, -0.1) is 0 Å². The Bertz CT molecular complexity index is 300. The molecule has 1 aliphatic heterocycles. The molecule has 14 heavy (non-hydrogen) atoms. The molecule has 6 heteroatoms. The molecule has 0 unspecified atom stereocenters. The minimum Gasteiger partial charge on any atom is -0.303 e. The van der Waals surface area contributed by atoms with E-state index in [9.17, 15) is 13.2 Å². The van der Waals surface area contributed by atoms with Crippen molar-refractivity contribution < 1.29 is 13.2 Å². The van der Waals surface area contributed by atoms with Crippen molar-refractivity contribution in [1.82, 2.24) is 8.61 Å². The molecule has 82 valence electrons. The third-order valence-electron chi connectivity index (χ3n) is 2.26. The van der Waals surface area contributed by atoms with Crippen LogP contribution in [0.1, 0.15) is 20.3 Å². The lowest BCUT2D eigenvalue weighted by molar-refractivity contribution is -0.107. The molecule has 0 amide bonds. The van der Waals surface area contributed by atoms with Gasteiger partial charge >= 0.3 is 0 Å². The monoisotopic (exact) mass is 220 g/mol. The maximum absolute atomic E-state index is 11.8. The Morgan fingerprint density at radius 3 is 2.43 bits per heavy atom. The minimum atomic E-state index is -3.29. The molecule has 0 radical (unpaired) electrons. The number of hydrogen-bond acceptors (Lipinski definition) is 3. The Balaban J connectivity index is 2.71. The van der Waals surface area contributed by atoms with Crippen molar-refractivity contribution in [2.45, 2.75) is 26.3 Å². The summed E-state index contributed by atoms with van der Waals surface area (Å²) in [7, 11) is -3.29. The first-order valence-electron chi connectivity index (χ1n) is 4.70. The van der Waals surface area contributed by atoms with Gasteiger partial charge in [-0.1, -0.05) is 0 Å². The molecule has 0 spiro atoms. The van der Waals surface area contributed by atoms with Crippen LogP contribution in [-0.4, -0.2) is 49.0 Å². The number of carbonyl (C=O) groups excluding carboxylic acids is 1. The molecule has 0 N–H and O–H groups in total. The second-order valence-corrected chi connectivity index (χ2v) is 5.45. The summed E-state index contributed by atoms with van der Waals surface area (Å²) in [6.07, 6.45) is 1.01. The van der Waals surface area contributed by atoms with Crippen LogP contribution in [0.2, 0.25) is 0 Å². The van der Waals surface area contributed by atoms with Gasteiger partial charge in [0.15, 0.2) is 0 Å². The summed E-state index contributed by atoms with van der Waals surface area (Å²) in [5.74, 6) is 0. The summed E-state index contributed by atoms with van der Waals surface area (Å²) in [4.78, 5) is 10.2. The van der Waals surface area contributed by atoms with Gasteiger partial charge in [0.2, 0.25) is 0 Å². The average Bonchev–Trinajstić information content (AvgIpc) is 2.37. The topological polar surface area (TPSA) is 57.7 Å². The van der Waals surface area contributed by atoms with Crippen LogP contribution in [0, 0.1) is 0 Å². The van der Waals surface area contributed by atoms with Gasteiger partial charge in [0.25, 0.3) is 10.2 Å². The lowest BCUT2D eigenvalue weighted by atomic mass is 10.4. The van der Waals surface area contributed by atoms with Crippen LogP contribution in [0.3, 0.4) is 0 Å². The van der Waals surface area contributed by atoms with E-state index in [1.165, 1.54) is 8.61 Å². The molecule has 1 saturated heterocycles. The molecule has 0 aromatic rings. The van der Waals surface area contributed by atoms with Crippen LogP contribution in [0.4, 0.5) is 0 Å². The molecular weight excluding hydrogens is 204 g/mol. The van der Waals surface area contributed by atoms with Gasteiger partial charge in [-0.3, -0.25) is 0 Å². The standard InChI is InChI=1S/C8H16N2O3S/c1-8(2)10-6-5-9(4-3-7-11)14(10,12)13/h7-8H,3-6H2,1-2H3. The van der Waals surface area contributed by atoms with Crippen LogP contribution < -0.4 is 0 Å². The summed E-state index contributed by atoms with van der Waals surface area (Å²) in [6, 6.07) is -0.0127. The minimum absolute atomic E-state index is 0.0127. The van der Waals surface area contributed by atoms with Crippen LogP contribution in [0.25, 0.3) is 0 Å². The van der Waals surface area contributed by atoms with Crippen molar-refractivity contribution >= 4 is 16.5 Å². The van der Waals surface area contributed by atoms with E-state index in [1.54, 1.807) is 0 Å². The molecule has 0 atom stereocenters. The predicted octanol–water partition coefficient (Wildman–Crippen LogP) is -0.154. The molecule has 0 aromatic heterocycles. The first-order chi connectivity index (χ1) is 6.50. The first kappa shape index (κ1) is 11.6. The zero-order valence-electron chi connectivity index (χ0n) is 8.51. The molecule has 0 saturated carbocycles. The predicted molar refractivity (Wildman–Crippen MR) is 53.0 cm³/mol. The second-order valence-electron chi connectivity index (χ2n) is 3.57. The smallest absolute Gasteiger partial charge is 0.282 e. The normalized spacial score (nSPS) is 23.1. The fraction of sp³-hybridized carbons (Fsp3) is 0.875. The van der Waals surface area contributed by atoms with E-state index in [0.717, 1.165) is 6.29 Å². The van der Waals surface area contributed by atoms with E-state index in [4.69, 9.17) is 0 Å². The lowest BCUT2D eigenvalue weighted by Crippen LogP contribution is -2.37. The third kappa shape index (κ3) is 2.13. The Morgan fingerprint density at radius 2 is 2.00 bits per heavy atom. The quantitative estimate of drug-likeness (QED) is 0.619. The van der Waals surface area contributed by atoms with E-state index in [0.29, 0.717) is 19.6 Å². The molecule has 0 bridgehead atoms. The molecule has 1 rings (SSSR count). The summed E-state index contributed by atoms with van der Waals surface area (Å²) in [5, 5.41) is 0. The van der Waals surface area contributed by atoms with Crippen molar-refractivity contribution in [3.8, 4) is 0 Å². The Morgan fingerprint density at radius 1 is 1.36 bits per heavy atom. The van der Waals surface area contributed by atoms with Crippen LogP contribution in [0.5, 0.6) is 0 Å². The van der Waals surface area contributed by atoms with Crippen LogP contribution in [-0.2, 0) is 15.0 Å². The van der Waals surface area contributed by atoms with E-state index < -0.39 is 10.2 Å². The molecule has 1 fully saturated rings. The average molecular weight is 220 g/mol. The van der Waals surface area contributed by atoms with Gasteiger partial charge in [0.1, 0.15) is 6.29 Å². The number of hydrogen-bond donors (Lipinski definition) is 0. The van der Waals surface area contributed by atoms with Crippen molar-refractivity contribution in [1.29, 1.82) is 0 Å². The van der Waals surface area contributed by atoms with Crippen LogP contribution in [0.15, 0.2) is 0 Å². The largest absolute Gasteiger partial charge is 0.303 e. The Hall–Kier alpha value is -0.460. The lowest BCUT2D eigenvalue weighted by Gasteiger charge is -2.20. The zero-order chi connectivity index (χ0) is 10.8. The maximum Gasteiger partial charge on any atom is 0.282 e. The summed E-state index contributed by atoms with van der Waals surface area (Å²) in [5.41, 5.74) is 0. The number of nitrogens with zero attached hydrogens (tertiary/aromatic N) is 2. The van der Waals surface area contributed by atoms with Crippen molar-refractivity contribution in [3.05, 3.63) is 0 Å². The van der Waals surface area contributed by atoms with Gasteiger partial charge in [-0.2, -0.15) is 17.0 Å². The van der Waals surface area contributed by atoms with Crippen molar-refractivity contribution in [2.75, 3.05) is 19.6 Å². The highest BCUT2D eigenvalue weighted by Crippen LogP contribution is 2.18. The first-order valence-corrected chi connectivity index (χ1v) is 6.10.